The first kappa shape index (κ1) is 14.9. The Kier molecular flexibility index (Phi) is 4.15. The maximum Gasteiger partial charge on any atom is 0.573 e. The van der Waals surface area contributed by atoms with Crippen LogP contribution in [0.5, 0.6) is 5.75 Å². The minimum absolute atomic E-state index is 0.0497. The van der Waals surface area contributed by atoms with Crippen LogP contribution in [0.15, 0.2) is 30.3 Å². The van der Waals surface area contributed by atoms with Crippen molar-refractivity contribution in [3.8, 4) is 17.0 Å². The molecule has 0 radical (unpaired) electrons. The Labute approximate surface area is 117 Å². The zero-order valence-electron chi connectivity index (χ0n) is 10.9. The molecule has 0 aliphatic heterocycles. The molecule has 21 heavy (non-hydrogen) atoms. The summed E-state index contributed by atoms with van der Waals surface area (Å²) in [6.07, 6.45) is -4.81. The predicted molar refractivity (Wildman–Crippen MR) is 66.7 cm³/mol. The van der Waals surface area contributed by atoms with Crippen molar-refractivity contribution in [1.29, 1.82) is 0 Å². The number of carbonyl (C=O) groups is 1. The third-order valence-electron chi connectivity index (χ3n) is 2.46. The standard InChI is InChI=1S/C13H11F3N2O3/c1-2-20-12(19)10-7-9(17-18-10)8-5-3-4-6-11(8)21-13(14,15)16/h3-7H,2H2,1H3,(H,17,18). The Hall–Kier alpha value is -2.51. The third-order valence-corrected chi connectivity index (χ3v) is 2.46. The van der Waals surface area contributed by atoms with Gasteiger partial charge in [0.1, 0.15) is 11.4 Å². The topological polar surface area (TPSA) is 64.2 Å². The highest BCUT2D eigenvalue weighted by Crippen LogP contribution is 2.32. The summed E-state index contributed by atoms with van der Waals surface area (Å²) >= 11 is 0. The van der Waals surface area contributed by atoms with Crippen molar-refractivity contribution in [2.45, 2.75) is 13.3 Å². The number of carbonyl (C=O) groups excluding carboxylic acids is 1. The molecule has 1 aromatic carbocycles. The fourth-order valence-corrected chi connectivity index (χ4v) is 1.67. The molecule has 0 spiro atoms. The van der Waals surface area contributed by atoms with Crippen molar-refractivity contribution in [3.63, 3.8) is 0 Å². The lowest BCUT2D eigenvalue weighted by Gasteiger charge is -2.11. The number of aromatic amines is 1. The van der Waals surface area contributed by atoms with E-state index in [1.165, 1.54) is 30.3 Å². The molecule has 1 heterocycles. The maximum atomic E-state index is 12.3. The summed E-state index contributed by atoms with van der Waals surface area (Å²) in [5.74, 6) is -1.03. The first-order chi connectivity index (χ1) is 9.90. The van der Waals surface area contributed by atoms with Gasteiger partial charge in [-0.3, -0.25) is 5.10 Å². The quantitative estimate of drug-likeness (QED) is 0.881. The number of rotatable bonds is 4. The Morgan fingerprint density at radius 1 is 1.33 bits per heavy atom. The van der Waals surface area contributed by atoms with Crippen LogP contribution in [-0.2, 0) is 4.74 Å². The van der Waals surface area contributed by atoms with E-state index in [0.29, 0.717) is 0 Å². The van der Waals surface area contributed by atoms with Gasteiger partial charge in [0.15, 0.2) is 0 Å². The largest absolute Gasteiger partial charge is 0.573 e. The molecule has 0 unspecified atom stereocenters. The number of halogens is 3. The fraction of sp³-hybridized carbons (Fsp3) is 0.231. The number of esters is 1. The highest BCUT2D eigenvalue weighted by Gasteiger charge is 2.32. The minimum Gasteiger partial charge on any atom is -0.461 e. The van der Waals surface area contributed by atoms with Crippen LogP contribution < -0.4 is 4.74 Å². The molecule has 0 aliphatic carbocycles. The SMILES string of the molecule is CCOC(=O)c1cc(-c2ccccc2OC(F)(F)F)n[nH]1. The van der Waals surface area contributed by atoms with Gasteiger partial charge in [0.25, 0.3) is 0 Å². The number of hydrogen-bond donors (Lipinski definition) is 1. The van der Waals surface area contributed by atoms with E-state index in [1.807, 2.05) is 0 Å². The zero-order chi connectivity index (χ0) is 15.5. The molecule has 1 N–H and O–H groups in total. The molecule has 0 saturated heterocycles. The monoisotopic (exact) mass is 300 g/mol. The van der Waals surface area contributed by atoms with Crippen molar-refractivity contribution in [2.24, 2.45) is 0 Å². The highest BCUT2D eigenvalue weighted by molar-refractivity contribution is 5.88. The van der Waals surface area contributed by atoms with Gasteiger partial charge in [-0.25, -0.2) is 4.79 Å². The first-order valence-corrected chi connectivity index (χ1v) is 5.98. The van der Waals surface area contributed by atoms with Crippen molar-refractivity contribution in [1.82, 2.24) is 10.2 Å². The van der Waals surface area contributed by atoms with E-state index >= 15 is 0 Å². The predicted octanol–water partition coefficient (Wildman–Crippen LogP) is 3.15. The van der Waals surface area contributed by atoms with Gasteiger partial charge in [-0.05, 0) is 25.1 Å². The molecule has 0 bridgehead atoms. The molecular formula is C13H11F3N2O3. The van der Waals surface area contributed by atoms with Crippen LogP contribution in [0.25, 0.3) is 11.3 Å². The number of H-pyrrole nitrogens is 1. The van der Waals surface area contributed by atoms with Gasteiger partial charge in [0.05, 0.1) is 12.3 Å². The highest BCUT2D eigenvalue weighted by atomic mass is 19.4. The number of alkyl halides is 3. The van der Waals surface area contributed by atoms with Crippen LogP contribution in [0.3, 0.4) is 0 Å². The number of benzene rings is 1. The molecule has 0 saturated carbocycles. The smallest absolute Gasteiger partial charge is 0.461 e. The number of aromatic nitrogens is 2. The Balaban J connectivity index is 2.32. The second-order valence-corrected chi connectivity index (χ2v) is 3.93. The lowest BCUT2D eigenvalue weighted by atomic mass is 10.1. The Morgan fingerprint density at radius 3 is 2.71 bits per heavy atom. The first-order valence-electron chi connectivity index (χ1n) is 5.98. The molecule has 8 heteroatoms. The molecule has 2 aromatic rings. The molecule has 1 aromatic heterocycles. The number of hydrogen-bond acceptors (Lipinski definition) is 4. The van der Waals surface area contributed by atoms with Crippen LogP contribution in [0.1, 0.15) is 17.4 Å². The van der Waals surface area contributed by atoms with Crippen molar-refractivity contribution < 1.29 is 27.4 Å². The van der Waals surface area contributed by atoms with Crippen molar-refractivity contribution >= 4 is 5.97 Å². The zero-order valence-corrected chi connectivity index (χ0v) is 10.9. The summed E-state index contributed by atoms with van der Waals surface area (Å²) in [5.41, 5.74) is 0.313. The van der Waals surface area contributed by atoms with Crippen LogP contribution in [0.4, 0.5) is 13.2 Å². The van der Waals surface area contributed by atoms with Gasteiger partial charge in [0, 0.05) is 5.56 Å². The van der Waals surface area contributed by atoms with E-state index in [1.54, 1.807) is 6.92 Å². The molecule has 2 rings (SSSR count). The van der Waals surface area contributed by atoms with Crippen molar-refractivity contribution in [3.05, 3.63) is 36.0 Å². The van der Waals surface area contributed by atoms with Crippen molar-refractivity contribution in [2.75, 3.05) is 6.61 Å². The van der Waals surface area contributed by atoms with Gasteiger partial charge < -0.3 is 9.47 Å². The molecule has 0 aliphatic rings. The lowest BCUT2D eigenvalue weighted by molar-refractivity contribution is -0.274. The van der Waals surface area contributed by atoms with Gasteiger partial charge in [-0.1, -0.05) is 12.1 Å². The summed E-state index contributed by atoms with van der Waals surface area (Å²) in [4.78, 5) is 11.5. The van der Waals surface area contributed by atoms with Gasteiger partial charge >= 0.3 is 12.3 Å². The third kappa shape index (κ3) is 3.74. The second kappa shape index (κ2) is 5.86. The summed E-state index contributed by atoms with van der Waals surface area (Å²) in [5, 5.41) is 6.22. The minimum atomic E-state index is -4.81. The Morgan fingerprint density at radius 2 is 2.05 bits per heavy atom. The second-order valence-electron chi connectivity index (χ2n) is 3.93. The van der Waals surface area contributed by atoms with E-state index in [2.05, 4.69) is 14.9 Å². The van der Waals surface area contributed by atoms with Gasteiger partial charge in [-0.2, -0.15) is 5.10 Å². The average Bonchev–Trinajstić information content (AvgIpc) is 2.87. The normalized spacial score (nSPS) is 11.2. The summed E-state index contributed by atoms with van der Waals surface area (Å²) < 4.78 is 45.7. The number of ether oxygens (including phenoxy) is 2. The van der Waals surface area contributed by atoms with Crippen LogP contribution in [-0.4, -0.2) is 29.1 Å². The van der Waals surface area contributed by atoms with E-state index < -0.39 is 18.1 Å². The molecule has 0 atom stereocenters. The van der Waals surface area contributed by atoms with Crippen LogP contribution in [0, 0.1) is 0 Å². The molecule has 112 valence electrons. The fourth-order valence-electron chi connectivity index (χ4n) is 1.67. The van der Waals surface area contributed by atoms with E-state index in [0.717, 1.165) is 0 Å². The maximum absolute atomic E-state index is 12.3. The number of nitrogens with zero attached hydrogens (tertiary/aromatic N) is 1. The number of para-hydroxylation sites is 1. The van der Waals surface area contributed by atoms with E-state index in [9.17, 15) is 18.0 Å². The molecular weight excluding hydrogens is 289 g/mol. The van der Waals surface area contributed by atoms with Crippen LogP contribution in [0.2, 0.25) is 0 Å². The molecule has 5 nitrogen and oxygen atoms in total. The Bertz CT molecular complexity index is 638. The average molecular weight is 300 g/mol. The lowest BCUT2D eigenvalue weighted by Crippen LogP contribution is -2.17. The van der Waals surface area contributed by atoms with Gasteiger partial charge in [0.2, 0.25) is 0 Å². The van der Waals surface area contributed by atoms with Crippen LogP contribution >= 0.6 is 0 Å². The van der Waals surface area contributed by atoms with E-state index in [4.69, 9.17) is 4.74 Å². The van der Waals surface area contributed by atoms with Gasteiger partial charge in [-0.15, -0.1) is 13.2 Å². The summed E-state index contributed by atoms with van der Waals surface area (Å²) in [6.45, 7) is 1.82. The number of nitrogens with one attached hydrogen (secondary N) is 1. The molecule has 0 amide bonds. The summed E-state index contributed by atoms with van der Waals surface area (Å²) in [6, 6.07) is 6.82. The van der Waals surface area contributed by atoms with E-state index in [-0.39, 0.29) is 23.6 Å². The molecule has 0 fully saturated rings. The summed E-state index contributed by atoms with van der Waals surface area (Å²) in [7, 11) is 0.